The number of Topliss-reactive ketones (excluding diaryl/α,β-unsaturated/α-hetero) is 1. The van der Waals surface area contributed by atoms with E-state index in [-0.39, 0.29) is 17.5 Å². The highest BCUT2D eigenvalue weighted by atomic mass is 16.3. The van der Waals surface area contributed by atoms with Crippen molar-refractivity contribution in [2.24, 2.45) is 22.2 Å². The average Bonchev–Trinajstić information content (AvgIpc) is 2.97. The number of rotatable bonds is 4. The van der Waals surface area contributed by atoms with Crippen LogP contribution in [0.2, 0.25) is 0 Å². The number of aliphatic imine (C=N–C) groups is 1. The lowest BCUT2D eigenvalue weighted by Crippen LogP contribution is -2.35. The normalized spacial score (nSPS) is 27.9. The number of hydrogen-bond acceptors (Lipinski definition) is 4. The number of phenols is 1. The molecule has 2 aromatic carbocycles. The molecule has 176 valence electrons. The van der Waals surface area contributed by atoms with Crippen LogP contribution in [0, 0.1) is 17.3 Å². The molecule has 3 aliphatic rings. The maximum absolute atomic E-state index is 13.9. The molecule has 0 amide bonds. The third-order valence-corrected chi connectivity index (χ3v) is 7.74. The highest BCUT2D eigenvalue weighted by Gasteiger charge is 2.42. The van der Waals surface area contributed by atoms with Crippen molar-refractivity contribution >= 4 is 17.1 Å². The molecule has 1 N–H and O–H groups in total. The highest BCUT2D eigenvalue weighted by molar-refractivity contribution is 6.08. The van der Waals surface area contributed by atoms with Crippen molar-refractivity contribution in [2.75, 3.05) is 26.7 Å². The van der Waals surface area contributed by atoms with Crippen LogP contribution in [0.1, 0.15) is 43.2 Å². The third kappa shape index (κ3) is 4.65. The lowest BCUT2D eigenvalue weighted by atomic mass is 9.72. The molecular weight excluding hydrogens is 420 g/mol. The molecule has 1 saturated heterocycles. The van der Waals surface area contributed by atoms with E-state index in [4.69, 9.17) is 4.99 Å². The molecule has 0 radical (unpaired) electrons. The number of carbonyl (C=O) groups excluding carboxylic acids is 1. The number of allylic oxidation sites excluding steroid dienone is 3. The summed E-state index contributed by atoms with van der Waals surface area (Å²) in [4.78, 5) is 21.4. The molecule has 2 aromatic rings. The molecule has 2 aliphatic heterocycles. The minimum atomic E-state index is -0.617. The summed E-state index contributed by atoms with van der Waals surface area (Å²) in [6, 6.07) is 17.7. The molecule has 5 rings (SSSR count). The third-order valence-electron chi connectivity index (χ3n) is 7.74. The van der Waals surface area contributed by atoms with E-state index in [1.807, 2.05) is 36.4 Å². The standard InChI is InChI=1S/C30H34N2O2/c1-32-16-8-9-22(20-32)17-25-18-28(34)30(21-31-29(25)26-13-5-6-14-27(26)33)15-7-12-24(19-30)23-10-3-2-4-11-23/h2-7,10-14,19,22,25,33H,8-9,15-18,20-21H2,1H3. The predicted molar refractivity (Wildman–Crippen MR) is 138 cm³/mol. The van der Waals surface area contributed by atoms with Gasteiger partial charge in [-0.05, 0) is 68.5 Å². The summed E-state index contributed by atoms with van der Waals surface area (Å²) in [6.07, 6.45) is 10.9. The summed E-state index contributed by atoms with van der Waals surface area (Å²) in [5.41, 5.74) is 3.28. The van der Waals surface area contributed by atoms with Crippen molar-refractivity contribution in [3.8, 4) is 5.75 Å². The number of para-hydroxylation sites is 1. The van der Waals surface area contributed by atoms with E-state index in [1.54, 1.807) is 6.07 Å². The minimum absolute atomic E-state index is 0.0242. The van der Waals surface area contributed by atoms with E-state index in [9.17, 15) is 9.90 Å². The van der Waals surface area contributed by atoms with E-state index in [0.717, 1.165) is 41.9 Å². The molecule has 3 unspecified atom stereocenters. The largest absolute Gasteiger partial charge is 0.507 e. The fourth-order valence-electron chi connectivity index (χ4n) is 5.94. The van der Waals surface area contributed by atoms with E-state index in [0.29, 0.717) is 25.3 Å². The molecule has 4 heteroatoms. The van der Waals surface area contributed by atoms with Gasteiger partial charge in [0, 0.05) is 30.2 Å². The van der Waals surface area contributed by atoms with E-state index in [1.165, 1.54) is 12.8 Å². The molecule has 1 fully saturated rings. The van der Waals surface area contributed by atoms with Gasteiger partial charge in [-0.1, -0.05) is 60.7 Å². The van der Waals surface area contributed by atoms with Gasteiger partial charge < -0.3 is 10.0 Å². The second-order valence-corrected chi connectivity index (χ2v) is 10.3. The quantitative estimate of drug-likeness (QED) is 0.661. The van der Waals surface area contributed by atoms with Gasteiger partial charge in [-0.3, -0.25) is 9.79 Å². The Morgan fingerprint density at radius 1 is 1.12 bits per heavy atom. The van der Waals surface area contributed by atoms with Gasteiger partial charge in [0.15, 0.2) is 0 Å². The Kier molecular flexibility index (Phi) is 6.51. The lowest BCUT2D eigenvalue weighted by Gasteiger charge is -2.33. The summed E-state index contributed by atoms with van der Waals surface area (Å²) >= 11 is 0. The zero-order chi connectivity index (χ0) is 23.5. The van der Waals surface area contributed by atoms with E-state index < -0.39 is 5.41 Å². The van der Waals surface area contributed by atoms with Crippen LogP contribution in [0.25, 0.3) is 5.57 Å². The summed E-state index contributed by atoms with van der Waals surface area (Å²) in [7, 11) is 2.18. The Balaban J connectivity index is 1.51. The highest BCUT2D eigenvalue weighted by Crippen LogP contribution is 2.41. The summed E-state index contributed by atoms with van der Waals surface area (Å²) < 4.78 is 0. The molecule has 0 bridgehead atoms. The van der Waals surface area contributed by atoms with Crippen LogP contribution in [0.3, 0.4) is 0 Å². The monoisotopic (exact) mass is 454 g/mol. The zero-order valence-electron chi connectivity index (χ0n) is 20.0. The summed E-state index contributed by atoms with van der Waals surface area (Å²) in [5, 5.41) is 10.7. The smallest absolute Gasteiger partial charge is 0.145 e. The van der Waals surface area contributed by atoms with Crippen LogP contribution in [0.4, 0.5) is 0 Å². The summed E-state index contributed by atoms with van der Waals surface area (Å²) in [6.45, 7) is 2.63. The van der Waals surface area contributed by atoms with Gasteiger partial charge in [-0.2, -0.15) is 0 Å². The Morgan fingerprint density at radius 3 is 2.71 bits per heavy atom. The maximum Gasteiger partial charge on any atom is 0.145 e. The number of piperidine rings is 1. The molecule has 1 spiro atoms. The molecule has 34 heavy (non-hydrogen) atoms. The molecule has 0 aromatic heterocycles. The van der Waals surface area contributed by atoms with Crippen LogP contribution < -0.4 is 0 Å². The topological polar surface area (TPSA) is 52.9 Å². The molecule has 1 aliphatic carbocycles. The van der Waals surface area contributed by atoms with Crippen LogP contribution >= 0.6 is 0 Å². The van der Waals surface area contributed by atoms with Gasteiger partial charge in [-0.25, -0.2) is 0 Å². The second-order valence-electron chi connectivity index (χ2n) is 10.3. The van der Waals surface area contributed by atoms with Gasteiger partial charge >= 0.3 is 0 Å². The van der Waals surface area contributed by atoms with Gasteiger partial charge in [0.2, 0.25) is 0 Å². The van der Waals surface area contributed by atoms with Gasteiger partial charge in [0.1, 0.15) is 11.5 Å². The first-order valence-corrected chi connectivity index (χ1v) is 12.5. The van der Waals surface area contributed by atoms with Crippen molar-refractivity contribution in [3.63, 3.8) is 0 Å². The van der Waals surface area contributed by atoms with Crippen molar-refractivity contribution < 1.29 is 9.90 Å². The van der Waals surface area contributed by atoms with E-state index in [2.05, 4.69) is 42.3 Å². The first-order chi connectivity index (χ1) is 16.5. The van der Waals surface area contributed by atoms with Crippen molar-refractivity contribution in [1.82, 2.24) is 4.90 Å². The zero-order valence-corrected chi connectivity index (χ0v) is 20.0. The Labute approximate surface area is 202 Å². The number of benzene rings is 2. The molecule has 0 saturated carbocycles. The number of phenolic OH excluding ortho intramolecular Hbond substituents is 1. The van der Waals surface area contributed by atoms with Crippen LogP contribution in [-0.2, 0) is 4.79 Å². The van der Waals surface area contributed by atoms with Crippen LogP contribution in [0.15, 0.2) is 77.8 Å². The fourth-order valence-corrected chi connectivity index (χ4v) is 5.94. The van der Waals surface area contributed by atoms with Crippen LogP contribution in [0.5, 0.6) is 5.75 Å². The number of aromatic hydroxyl groups is 1. The first kappa shape index (κ1) is 22.8. The number of carbonyl (C=O) groups is 1. The maximum atomic E-state index is 13.9. The first-order valence-electron chi connectivity index (χ1n) is 12.5. The van der Waals surface area contributed by atoms with Crippen molar-refractivity contribution in [1.29, 1.82) is 0 Å². The van der Waals surface area contributed by atoms with E-state index >= 15 is 0 Å². The van der Waals surface area contributed by atoms with Gasteiger partial charge in [0.25, 0.3) is 0 Å². The van der Waals surface area contributed by atoms with Gasteiger partial charge in [-0.15, -0.1) is 0 Å². The molecule has 2 heterocycles. The lowest BCUT2D eigenvalue weighted by molar-refractivity contribution is -0.126. The van der Waals surface area contributed by atoms with Crippen molar-refractivity contribution in [2.45, 2.75) is 32.1 Å². The molecule has 3 atom stereocenters. The van der Waals surface area contributed by atoms with Crippen molar-refractivity contribution in [3.05, 3.63) is 84.0 Å². The predicted octanol–water partition coefficient (Wildman–Crippen LogP) is 5.53. The summed E-state index contributed by atoms with van der Waals surface area (Å²) in [5.74, 6) is 1.09. The van der Waals surface area contributed by atoms with Gasteiger partial charge in [0.05, 0.1) is 12.0 Å². The minimum Gasteiger partial charge on any atom is -0.507 e. The molecule has 4 nitrogen and oxygen atoms in total. The fraction of sp³-hybridized carbons (Fsp3) is 0.400. The Hall–Kier alpha value is -2.98. The average molecular weight is 455 g/mol. The Morgan fingerprint density at radius 2 is 1.91 bits per heavy atom. The number of hydrogen-bond donors (Lipinski definition) is 1. The number of likely N-dealkylation sites (tertiary alicyclic amines) is 1. The Bertz CT molecular complexity index is 1130. The number of nitrogens with zero attached hydrogens (tertiary/aromatic N) is 2. The molecular formula is C30H34N2O2. The SMILES string of the molecule is CN1CCCC(CC2CC(=O)C3(C=C(c4ccccc4)C=CC3)CN=C2c2ccccc2O)C1. The van der Waals surface area contributed by atoms with Crippen LogP contribution in [-0.4, -0.2) is 48.2 Å². The second kappa shape index (κ2) is 9.71. The number of ketones is 1.